The second-order valence-electron chi connectivity index (χ2n) is 20.6. The highest BCUT2D eigenvalue weighted by Gasteiger charge is 2.48. The number of hydrogen-bond donors (Lipinski definition) is 0. The molecule has 0 saturated heterocycles. The summed E-state index contributed by atoms with van der Waals surface area (Å²) in [6, 6.07) is 104. The minimum Gasteiger partial charge on any atom is -0.456 e. The summed E-state index contributed by atoms with van der Waals surface area (Å²) >= 11 is 0. The normalized spacial score (nSPS) is 13.7. The van der Waals surface area contributed by atoms with Crippen molar-refractivity contribution in [3.8, 4) is 33.4 Å². The van der Waals surface area contributed by atoms with E-state index >= 15 is 0 Å². The molecule has 0 N–H and O–H groups in total. The largest absolute Gasteiger partial charge is 0.456 e. The predicted octanol–water partition coefficient (Wildman–Crippen LogP) is 19.3. The Morgan fingerprint density at radius 2 is 0.675 bits per heavy atom. The van der Waals surface area contributed by atoms with E-state index in [0.717, 1.165) is 77.6 Å². The second kappa shape index (κ2) is 16.8. The van der Waals surface area contributed by atoms with Crippen molar-refractivity contribution in [2.24, 2.45) is 0 Å². The molecular weight excluding hydrogens is 935 g/mol. The second-order valence-corrected chi connectivity index (χ2v) is 20.6. The fourth-order valence-electron chi connectivity index (χ4n) is 13.7. The quantitative estimate of drug-likeness (QED) is 0.152. The Labute approximate surface area is 446 Å². The molecule has 0 fully saturated rings. The average molecular weight is 982 g/mol. The first-order valence-electron chi connectivity index (χ1n) is 26.6. The Morgan fingerprint density at radius 3 is 1.32 bits per heavy atom. The third-order valence-corrected chi connectivity index (χ3v) is 16.8. The zero-order chi connectivity index (χ0) is 50.7. The highest BCUT2D eigenvalue weighted by Crippen LogP contribution is 2.59. The summed E-state index contributed by atoms with van der Waals surface area (Å²) in [5.41, 5.74) is 22.3. The first-order chi connectivity index (χ1) is 38.2. The Bertz CT molecular complexity index is 4540. The lowest BCUT2D eigenvalue weighted by molar-refractivity contribution is 0.648. The minimum absolute atomic E-state index is 0.573. The van der Waals surface area contributed by atoms with Crippen molar-refractivity contribution in [1.29, 1.82) is 0 Å². The standard InChI is InChI=1S/C74H47NO2/c1-4-20-49(21-5-1)73(50-22-6-2-7-23-50)64-33-14-10-28-58(64)59-44-42-53(46-68(59)73)75(52-40-38-48(39-41-52)55-30-18-31-62-60-29-13-17-37-69(60)76-71(55)62)54-43-45-61-63-32-19-36-67(72(63)77-70(61)47-54)74(51-24-8-3-9-25-51)65-34-15-11-26-56(65)57-27-12-16-35-66(57)74/h1-47H. The van der Waals surface area contributed by atoms with Crippen molar-refractivity contribution in [3.05, 3.63) is 330 Å². The summed E-state index contributed by atoms with van der Waals surface area (Å²) in [5.74, 6) is 0. The maximum absolute atomic E-state index is 7.41. The number of hydrogen-bond acceptors (Lipinski definition) is 3. The maximum Gasteiger partial charge on any atom is 0.143 e. The summed E-state index contributed by atoms with van der Waals surface area (Å²) in [5, 5.41) is 4.39. The third-order valence-electron chi connectivity index (χ3n) is 16.8. The third kappa shape index (κ3) is 6.14. The summed E-state index contributed by atoms with van der Waals surface area (Å²) < 4.78 is 14.0. The van der Waals surface area contributed by atoms with E-state index in [1.165, 1.54) is 61.2 Å². The van der Waals surface area contributed by atoms with E-state index in [2.05, 4.69) is 278 Å². The van der Waals surface area contributed by atoms with Crippen LogP contribution in [-0.2, 0) is 10.8 Å². The van der Waals surface area contributed by atoms with E-state index < -0.39 is 10.8 Å². The van der Waals surface area contributed by atoms with Crippen LogP contribution in [0.15, 0.2) is 294 Å². The lowest BCUT2D eigenvalue weighted by atomic mass is 9.67. The van der Waals surface area contributed by atoms with Crippen molar-refractivity contribution in [3.63, 3.8) is 0 Å². The molecule has 0 saturated carbocycles. The van der Waals surface area contributed by atoms with E-state index in [1.54, 1.807) is 0 Å². The van der Waals surface area contributed by atoms with Crippen molar-refractivity contribution in [2.75, 3.05) is 4.90 Å². The van der Waals surface area contributed by atoms with Crippen molar-refractivity contribution < 1.29 is 8.83 Å². The molecule has 3 nitrogen and oxygen atoms in total. The molecule has 2 aliphatic carbocycles. The molecule has 12 aromatic carbocycles. The van der Waals surface area contributed by atoms with Crippen molar-refractivity contribution in [2.45, 2.75) is 10.8 Å². The molecule has 3 heteroatoms. The Hall–Kier alpha value is -9.96. The number of nitrogens with zero attached hydrogens (tertiary/aromatic N) is 1. The van der Waals surface area contributed by atoms with Crippen LogP contribution in [0.25, 0.3) is 77.3 Å². The molecule has 360 valence electrons. The van der Waals surface area contributed by atoms with Gasteiger partial charge in [-0.15, -0.1) is 0 Å². The van der Waals surface area contributed by atoms with Gasteiger partial charge in [0.15, 0.2) is 0 Å². The van der Waals surface area contributed by atoms with Gasteiger partial charge in [0, 0.05) is 55.8 Å². The zero-order valence-electron chi connectivity index (χ0n) is 41.9. The molecule has 2 aromatic heterocycles. The number of fused-ring (bicyclic) bond motifs is 12. The first-order valence-corrected chi connectivity index (χ1v) is 26.6. The smallest absolute Gasteiger partial charge is 0.143 e. The van der Waals surface area contributed by atoms with Gasteiger partial charge in [-0.25, -0.2) is 0 Å². The maximum atomic E-state index is 7.41. The number of para-hydroxylation sites is 3. The van der Waals surface area contributed by atoms with Gasteiger partial charge in [0.25, 0.3) is 0 Å². The van der Waals surface area contributed by atoms with E-state index in [1.807, 2.05) is 12.1 Å². The Kier molecular flexibility index (Phi) is 9.47. The van der Waals surface area contributed by atoms with Crippen LogP contribution in [0.3, 0.4) is 0 Å². The highest BCUT2D eigenvalue weighted by atomic mass is 16.3. The molecular formula is C74H47NO2. The monoisotopic (exact) mass is 981 g/mol. The lowest BCUT2D eigenvalue weighted by Crippen LogP contribution is -2.28. The van der Waals surface area contributed by atoms with Crippen LogP contribution in [0.1, 0.15) is 44.5 Å². The molecule has 0 amide bonds. The van der Waals surface area contributed by atoms with Crippen LogP contribution < -0.4 is 4.90 Å². The number of rotatable bonds is 8. The molecule has 16 rings (SSSR count). The number of furan rings is 2. The fourth-order valence-corrected chi connectivity index (χ4v) is 13.7. The van der Waals surface area contributed by atoms with Crippen molar-refractivity contribution >= 4 is 60.9 Å². The molecule has 0 atom stereocenters. The SMILES string of the molecule is c1ccc(C2(c3ccccc3)c3ccccc3-c3ccc(N(c4ccc(-c5cccc6c5oc5ccccc56)cc4)c4ccc5c(c4)oc4c(C6(c7ccccc7)c7ccccc7-c7ccccc76)cccc45)cc32)cc1. The summed E-state index contributed by atoms with van der Waals surface area (Å²) in [6.45, 7) is 0. The van der Waals surface area contributed by atoms with Crippen LogP contribution in [0.4, 0.5) is 17.1 Å². The molecule has 0 radical (unpaired) electrons. The minimum atomic E-state index is -0.614. The summed E-state index contributed by atoms with van der Waals surface area (Å²) in [7, 11) is 0. The van der Waals surface area contributed by atoms with Crippen LogP contribution in [0, 0.1) is 0 Å². The zero-order valence-corrected chi connectivity index (χ0v) is 41.9. The van der Waals surface area contributed by atoms with E-state index in [9.17, 15) is 0 Å². The molecule has 0 bridgehead atoms. The lowest BCUT2D eigenvalue weighted by Gasteiger charge is -2.35. The topological polar surface area (TPSA) is 29.5 Å². The average Bonchev–Trinajstić information content (AvgIpc) is 4.38. The molecule has 0 aliphatic heterocycles. The van der Waals surface area contributed by atoms with Crippen molar-refractivity contribution in [1.82, 2.24) is 0 Å². The Morgan fingerprint density at radius 1 is 0.247 bits per heavy atom. The fraction of sp³-hybridized carbons (Fsp3) is 0.0270. The number of anilines is 3. The van der Waals surface area contributed by atoms with Crippen LogP contribution in [0.5, 0.6) is 0 Å². The first kappa shape index (κ1) is 43.4. The molecule has 0 unspecified atom stereocenters. The van der Waals surface area contributed by atoms with Gasteiger partial charge >= 0.3 is 0 Å². The van der Waals surface area contributed by atoms with Crippen LogP contribution >= 0.6 is 0 Å². The predicted molar refractivity (Wildman–Crippen MR) is 316 cm³/mol. The molecule has 2 aliphatic rings. The highest BCUT2D eigenvalue weighted by molar-refractivity contribution is 6.10. The molecule has 0 spiro atoms. The van der Waals surface area contributed by atoms with Gasteiger partial charge in [0.05, 0.1) is 10.8 Å². The number of benzene rings is 12. The van der Waals surface area contributed by atoms with E-state index in [4.69, 9.17) is 8.83 Å². The van der Waals surface area contributed by atoms with Gasteiger partial charge < -0.3 is 13.7 Å². The summed E-state index contributed by atoms with van der Waals surface area (Å²) in [6.07, 6.45) is 0. The van der Waals surface area contributed by atoms with Gasteiger partial charge in [-0.2, -0.15) is 0 Å². The Balaban J connectivity index is 0.919. The molecule has 2 heterocycles. The molecule has 77 heavy (non-hydrogen) atoms. The van der Waals surface area contributed by atoms with Crippen LogP contribution in [0.2, 0.25) is 0 Å². The van der Waals surface area contributed by atoms with Gasteiger partial charge in [0.2, 0.25) is 0 Å². The van der Waals surface area contributed by atoms with Gasteiger partial charge in [0.1, 0.15) is 22.3 Å². The van der Waals surface area contributed by atoms with Gasteiger partial charge in [-0.1, -0.05) is 237 Å². The molecule has 14 aromatic rings. The summed E-state index contributed by atoms with van der Waals surface area (Å²) in [4.78, 5) is 2.40. The van der Waals surface area contributed by atoms with Crippen LogP contribution in [-0.4, -0.2) is 0 Å². The van der Waals surface area contributed by atoms with Gasteiger partial charge in [-0.05, 0) is 109 Å². The van der Waals surface area contributed by atoms with Gasteiger partial charge in [-0.3, -0.25) is 0 Å². The van der Waals surface area contributed by atoms with E-state index in [-0.39, 0.29) is 0 Å². The van der Waals surface area contributed by atoms with E-state index in [0.29, 0.717) is 0 Å².